The minimum absolute atomic E-state index is 0.365. The lowest BCUT2D eigenvalue weighted by molar-refractivity contribution is -0.165. The molecule has 1 aromatic rings. The Morgan fingerprint density at radius 1 is 1.11 bits per heavy atom. The summed E-state index contributed by atoms with van der Waals surface area (Å²) in [7, 11) is 0. The van der Waals surface area contributed by atoms with E-state index in [2.05, 4.69) is 0 Å². The number of carbonyl (C=O) groups is 2. The Morgan fingerprint density at radius 2 is 1.63 bits per heavy atom. The van der Waals surface area contributed by atoms with Gasteiger partial charge in [0.05, 0.1) is 11.1 Å². The summed E-state index contributed by atoms with van der Waals surface area (Å²) in [6, 6.07) is 6.68. The molecular formula is C14H17NO4. The topological polar surface area (TPSA) is 66.8 Å². The van der Waals surface area contributed by atoms with Crippen molar-refractivity contribution in [2.75, 3.05) is 0 Å². The molecule has 2 atom stereocenters. The molecule has 5 nitrogen and oxygen atoms in total. The highest BCUT2D eigenvalue weighted by Gasteiger charge is 2.40. The highest BCUT2D eigenvalue weighted by Crippen LogP contribution is 2.26. The van der Waals surface area contributed by atoms with E-state index in [1.165, 1.54) is 0 Å². The fourth-order valence-corrected chi connectivity index (χ4v) is 2.09. The number of aliphatic hydroxyl groups is 1. The van der Waals surface area contributed by atoms with E-state index in [1.807, 2.05) is 0 Å². The molecule has 5 heteroatoms. The summed E-state index contributed by atoms with van der Waals surface area (Å²) in [4.78, 5) is 25.5. The van der Waals surface area contributed by atoms with Gasteiger partial charge in [0.2, 0.25) is 0 Å². The Morgan fingerprint density at radius 3 is 2.05 bits per heavy atom. The molecule has 2 amide bonds. The number of nitrogens with zero attached hydrogens (tertiary/aromatic N) is 1. The highest BCUT2D eigenvalue weighted by molar-refractivity contribution is 6.21. The van der Waals surface area contributed by atoms with Crippen molar-refractivity contribution < 1.29 is 19.4 Å². The fraction of sp³-hybridized carbons (Fsp3) is 0.429. The van der Waals surface area contributed by atoms with Crippen LogP contribution in [0.1, 0.15) is 47.4 Å². The minimum atomic E-state index is -0.978. The van der Waals surface area contributed by atoms with Crippen molar-refractivity contribution in [2.24, 2.45) is 0 Å². The molecule has 0 saturated carbocycles. The van der Waals surface area contributed by atoms with Crippen LogP contribution in [0.5, 0.6) is 0 Å². The summed E-state index contributed by atoms with van der Waals surface area (Å²) < 4.78 is 5.34. The second kappa shape index (κ2) is 5.50. The third-order valence-corrected chi connectivity index (χ3v) is 3.13. The van der Waals surface area contributed by atoms with Gasteiger partial charge >= 0.3 is 0 Å². The maximum absolute atomic E-state index is 12.2. The number of benzene rings is 1. The molecule has 0 radical (unpaired) electrons. The molecule has 0 aromatic heterocycles. The van der Waals surface area contributed by atoms with E-state index in [0.29, 0.717) is 24.0 Å². The van der Waals surface area contributed by atoms with Gasteiger partial charge in [0, 0.05) is 0 Å². The molecule has 19 heavy (non-hydrogen) atoms. The number of imide groups is 1. The van der Waals surface area contributed by atoms with E-state index >= 15 is 0 Å². The summed E-state index contributed by atoms with van der Waals surface area (Å²) in [5.74, 6) is -0.730. The zero-order valence-electron chi connectivity index (χ0n) is 11.0. The van der Waals surface area contributed by atoms with Crippen molar-refractivity contribution in [2.45, 2.75) is 39.2 Å². The van der Waals surface area contributed by atoms with Crippen molar-refractivity contribution >= 4 is 11.8 Å². The van der Waals surface area contributed by atoms with Gasteiger partial charge in [-0.1, -0.05) is 26.0 Å². The molecule has 0 bridgehead atoms. The van der Waals surface area contributed by atoms with Crippen LogP contribution in [-0.4, -0.2) is 34.3 Å². The predicted molar refractivity (Wildman–Crippen MR) is 68.4 cm³/mol. The molecule has 2 rings (SSSR count). The SMILES string of the molecule is CCC(O)OC(CC)N1C(=O)c2ccccc2C1=O. The molecule has 0 saturated heterocycles. The molecule has 1 N–H and O–H groups in total. The maximum Gasteiger partial charge on any atom is 0.263 e. The van der Waals surface area contributed by atoms with Crippen LogP contribution in [0.3, 0.4) is 0 Å². The number of rotatable bonds is 5. The Bertz CT molecular complexity index is 465. The molecule has 2 unspecified atom stereocenters. The third-order valence-electron chi connectivity index (χ3n) is 3.13. The van der Waals surface area contributed by atoms with Gasteiger partial charge in [-0.2, -0.15) is 0 Å². The average molecular weight is 263 g/mol. The smallest absolute Gasteiger partial charge is 0.263 e. The quantitative estimate of drug-likeness (QED) is 0.649. The van der Waals surface area contributed by atoms with E-state index in [9.17, 15) is 14.7 Å². The van der Waals surface area contributed by atoms with Crippen molar-refractivity contribution in [1.29, 1.82) is 0 Å². The number of aliphatic hydroxyl groups excluding tert-OH is 1. The van der Waals surface area contributed by atoms with Crippen LogP contribution in [0.25, 0.3) is 0 Å². The van der Waals surface area contributed by atoms with Gasteiger partial charge in [0.1, 0.15) is 6.23 Å². The number of carbonyl (C=O) groups excluding carboxylic acids is 2. The first-order valence-electron chi connectivity index (χ1n) is 6.40. The molecule has 0 spiro atoms. The lowest BCUT2D eigenvalue weighted by Crippen LogP contribution is -2.43. The molecule has 1 heterocycles. The zero-order chi connectivity index (χ0) is 14.0. The van der Waals surface area contributed by atoms with Gasteiger partial charge in [-0.25, -0.2) is 4.90 Å². The standard InChI is InChI=1S/C14H17NO4/c1-3-11(19-12(16)4-2)15-13(17)9-7-5-6-8-10(9)14(15)18/h5-8,11-12,16H,3-4H2,1-2H3. The first-order chi connectivity index (χ1) is 9.10. The van der Waals surface area contributed by atoms with Crippen molar-refractivity contribution in [3.05, 3.63) is 35.4 Å². The molecule has 102 valence electrons. The van der Waals surface area contributed by atoms with Gasteiger partial charge in [-0.3, -0.25) is 9.59 Å². The van der Waals surface area contributed by atoms with Crippen molar-refractivity contribution in [3.63, 3.8) is 0 Å². The Kier molecular flexibility index (Phi) is 3.97. The van der Waals surface area contributed by atoms with Crippen LogP contribution in [0.2, 0.25) is 0 Å². The number of fused-ring (bicyclic) bond motifs is 1. The van der Waals surface area contributed by atoms with E-state index in [1.54, 1.807) is 38.1 Å². The minimum Gasteiger partial charge on any atom is -0.368 e. The lowest BCUT2D eigenvalue weighted by Gasteiger charge is -2.27. The van der Waals surface area contributed by atoms with Crippen LogP contribution in [0, 0.1) is 0 Å². The second-order valence-electron chi connectivity index (χ2n) is 4.39. The maximum atomic E-state index is 12.2. The third kappa shape index (κ3) is 2.39. The van der Waals surface area contributed by atoms with Gasteiger partial charge in [0.15, 0.2) is 6.29 Å². The van der Waals surface area contributed by atoms with Crippen molar-refractivity contribution in [1.82, 2.24) is 4.90 Å². The molecule has 1 aromatic carbocycles. The van der Waals surface area contributed by atoms with E-state index < -0.39 is 12.5 Å². The van der Waals surface area contributed by atoms with Gasteiger partial charge < -0.3 is 9.84 Å². The van der Waals surface area contributed by atoms with Crippen molar-refractivity contribution in [3.8, 4) is 0 Å². The Balaban J connectivity index is 2.27. The number of ether oxygens (including phenoxy) is 1. The molecular weight excluding hydrogens is 246 g/mol. The second-order valence-corrected chi connectivity index (χ2v) is 4.39. The summed E-state index contributed by atoms with van der Waals surface area (Å²) in [6.45, 7) is 3.57. The first kappa shape index (κ1) is 13.7. The summed E-state index contributed by atoms with van der Waals surface area (Å²) in [5, 5.41) is 9.54. The lowest BCUT2D eigenvalue weighted by atomic mass is 10.1. The normalized spacial score (nSPS) is 17.5. The van der Waals surface area contributed by atoms with Gasteiger partial charge in [-0.15, -0.1) is 0 Å². The summed E-state index contributed by atoms with van der Waals surface area (Å²) in [5.41, 5.74) is 0.779. The molecule has 1 aliphatic heterocycles. The predicted octanol–water partition coefficient (Wildman–Crippen LogP) is 1.76. The van der Waals surface area contributed by atoms with Gasteiger partial charge in [0.25, 0.3) is 11.8 Å². The first-order valence-corrected chi connectivity index (χ1v) is 6.40. The summed E-state index contributed by atoms with van der Waals surface area (Å²) >= 11 is 0. The van der Waals surface area contributed by atoms with Crippen LogP contribution in [-0.2, 0) is 4.74 Å². The van der Waals surface area contributed by atoms with Gasteiger partial charge in [-0.05, 0) is 25.0 Å². The van der Waals surface area contributed by atoms with E-state index in [0.717, 1.165) is 4.90 Å². The monoisotopic (exact) mass is 263 g/mol. The number of hydrogen-bond acceptors (Lipinski definition) is 4. The fourth-order valence-electron chi connectivity index (χ4n) is 2.09. The van der Waals surface area contributed by atoms with E-state index in [4.69, 9.17) is 4.74 Å². The molecule has 0 fully saturated rings. The molecule has 0 aliphatic carbocycles. The highest BCUT2D eigenvalue weighted by atomic mass is 16.6. The Hall–Kier alpha value is -1.72. The number of hydrogen-bond donors (Lipinski definition) is 1. The Labute approximate surface area is 111 Å². The number of amides is 2. The van der Waals surface area contributed by atoms with E-state index in [-0.39, 0.29) is 11.8 Å². The van der Waals surface area contributed by atoms with Crippen LogP contribution < -0.4 is 0 Å². The molecule has 1 aliphatic rings. The van der Waals surface area contributed by atoms with Crippen LogP contribution in [0.15, 0.2) is 24.3 Å². The summed E-state index contributed by atoms with van der Waals surface area (Å²) in [6.07, 6.45) is -0.876. The van der Waals surface area contributed by atoms with Crippen LogP contribution >= 0.6 is 0 Å². The average Bonchev–Trinajstić information content (AvgIpc) is 2.69. The van der Waals surface area contributed by atoms with Crippen LogP contribution in [0.4, 0.5) is 0 Å². The largest absolute Gasteiger partial charge is 0.368 e. The zero-order valence-corrected chi connectivity index (χ0v) is 11.0.